The first-order valence-electron chi connectivity index (χ1n) is 6.76. The Bertz CT molecular complexity index is 564. The van der Waals surface area contributed by atoms with Gasteiger partial charge in [-0.2, -0.15) is 5.10 Å². The number of allylic oxidation sites excluding steroid dienone is 1. The fourth-order valence-electron chi connectivity index (χ4n) is 1.75. The molecule has 0 bridgehead atoms. The number of nitrogens with one attached hydrogen (secondary N) is 1. The van der Waals surface area contributed by atoms with Crippen molar-refractivity contribution in [1.82, 2.24) is 15.5 Å². The van der Waals surface area contributed by atoms with Gasteiger partial charge in [-0.1, -0.05) is 37.3 Å². The Balaban J connectivity index is 2.10. The minimum absolute atomic E-state index is 0.502. The Hall–Kier alpha value is -2.20. The number of ether oxygens (including phenoxy) is 1. The van der Waals surface area contributed by atoms with Crippen LogP contribution in [-0.2, 0) is 6.54 Å². The van der Waals surface area contributed by atoms with E-state index in [4.69, 9.17) is 4.74 Å². The fourth-order valence-corrected chi connectivity index (χ4v) is 1.75. The second kappa shape index (κ2) is 7.40. The van der Waals surface area contributed by atoms with Gasteiger partial charge < -0.3 is 10.1 Å². The minimum atomic E-state index is 0.502. The average molecular weight is 269 g/mol. The van der Waals surface area contributed by atoms with E-state index in [0.29, 0.717) is 5.88 Å². The smallest absolute Gasteiger partial charge is 0.238 e. The molecule has 0 aliphatic rings. The molecule has 1 heterocycles. The van der Waals surface area contributed by atoms with E-state index < -0.39 is 0 Å². The molecule has 0 radical (unpaired) electrons. The quantitative estimate of drug-likeness (QED) is 0.873. The third-order valence-electron chi connectivity index (χ3n) is 2.73. The summed E-state index contributed by atoms with van der Waals surface area (Å²) in [5, 5.41) is 11.4. The molecule has 0 saturated carbocycles. The normalized spacial score (nSPS) is 10.9. The van der Waals surface area contributed by atoms with Crippen LogP contribution in [0.25, 0.3) is 6.08 Å². The van der Waals surface area contributed by atoms with Gasteiger partial charge in [0, 0.05) is 18.2 Å². The number of para-hydroxylation sites is 1. The van der Waals surface area contributed by atoms with Crippen molar-refractivity contribution in [3.8, 4) is 11.6 Å². The van der Waals surface area contributed by atoms with Gasteiger partial charge in [-0.25, -0.2) is 0 Å². The SMILES string of the molecule is CC=Cc1ccccc1Oc1ccc(CNCC)nn1. The fraction of sp³-hybridized carbons (Fsp3) is 0.250. The molecule has 20 heavy (non-hydrogen) atoms. The summed E-state index contributed by atoms with van der Waals surface area (Å²) in [7, 11) is 0. The molecule has 2 aromatic rings. The van der Waals surface area contributed by atoms with Crippen molar-refractivity contribution in [3.05, 3.63) is 53.7 Å². The lowest BCUT2D eigenvalue weighted by molar-refractivity contribution is 0.452. The van der Waals surface area contributed by atoms with Crippen molar-refractivity contribution in [3.63, 3.8) is 0 Å². The van der Waals surface area contributed by atoms with Gasteiger partial charge in [0.1, 0.15) is 5.75 Å². The highest BCUT2D eigenvalue weighted by Crippen LogP contribution is 2.24. The number of aromatic nitrogens is 2. The van der Waals surface area contributed by atoms with Gasteiger partial charge in [-0.15, -0.1) is 5.10 Å². The lowest BCUT2D eigenvalue weighted by atomic mass is 10.2. The molecule has 1 N–H and O–H groups in total. The molecule has 1 aromatic heterocycles. The summed E-state index contributed by atoms with van der Waals surface area (Å²) >= 11 is 0. The molecule has 0 saturated heterocycles. The number of rotatable bonds is 6. The van der Waals surface area contributed by atoms with Gasteiger partial charge in [0.15, 0.2) is 0 Å². The molecule has 0 fully saturated rings. The van der Waals surface area contributed by atoms with Crippen LogP contribution in [0.5, 0.6) is 11.6 Å². The summed E-state index contributed by atoms with van der Waals surface area (Å²) in [5.41, 5.74) is 1.93. The number of hydrogen-bond donors (Lipinski definition) is 1. The van der Waals surface area contributed by atoms with Crippen LogP contribution in [0.3, 0.4) is 0 Å². The van der Waals surface area contributed by atoms with Crippen LogP contribution in [0.4, 0.5) is 0 Å². The molecule has 104 valence electrons. The van der Waals surface area contributed by atoms with Crippen LogP contribution >= 0.6 is 0 Å². The van der Waals surface area contributed by atoms with E-state index in [9.17, 15) is 0 Å². The van der Waals surface area contributed by atoms with Gasteiger partial charge in [-0.3, -0.25) is 0 Å². The molecule has 0 spiro atoms. The Labute approximate surface area is 119 Å². The molecule has 0 amide bonds. The zero-order chi connectivity index (χ0) is 14.2. The molecule has 2 rings (SSSR count). The van der Waals surface area contributed by atoms with Crippen LogP contribution in [0.2, 0.25) is 0 Å². The Morgan fingerprint density at radius 3 is 2.70 bits per heavy atom. The lowest BCUT2D eigenvalue weighted by Crippen LogP contribution is -2.13. The molecule has 4 nitrogen and oxygen atoms in total. The van der Waals surface area contributed by atoms with Gasteiger partial charge in [0.05, 0.1) is 5.69 Å². The second-order valence-electron chi connectivity index (χ2n) is 4.28. The summed E-state index contributed by atoms with van der Waals surface area (Å²) in [6, 6.07) is 11.6. The highest BCUT2D eigenvalue weighted by molar-refractivity contribution is 5.57. The van der Waals surface area contributed by atoms with E-state index in [1.807, 2.05) is 55.5 Å². The summed E-state index contributed by atoms with van der Waals surface area (Å²) in [6.07, 6.45) is 3.98. The van der Waals surface area contributed by atoms with Crippen LogP contribution in [-0.4, -0.2) is 16.7 Å². The van der Waals surface area contributed by atoms with Crippen molar-refractivity contribution in [2.24, 2.45) is 0 Å². The van der Waals surface area contributed by atoms with E-state index >= 15 is 0 Å². The molecule has 0 aliphatic heterocycles. The summed E-state index contributed by atoms with van der Waals surface area (Å²) in [4.78, 5) is 0. The number of benzene rings is 1. The van der Waals surface area contributed by atoms with E-state index in [0.717, 1.165) is 30.1 Å². The average Bonchev–Trinajstić information content (AvgIpc) is 2.49. The monoisotopic (exact) mass is 269 g/mol. The third kappa shape index (κ3) is 3.90. The molecule has 0 atom stereocenters. The molecular weight excluding hydrogens is 250 g/mol. The second-order valence-corrected chi connectivity index (χ2v) is 4.28. The van der Waals surface area contributed by atoms with Crippen molar-refractivity contribution in [1.29, 1.82) is 0 Å². The highest BCUT2D eigenvalue weighted by Gasteiger charge is 2.03. The predicted molar refractivity (Wildman–Crippen MR) is 80.6 cm³/mol. The van der Waals surface area contributed by atoms with Crippen LogP contribution in [0.1, 0.15) is 25.1 Å². The number of nitrogens with zero attached hydrogens (tertiary/aromatic N) is 2. The Kier molecular flexibility index (Phi) is 5.26. The van der Waals surface area contributed by atoms with Gasteiger partial charge in [0.25, 0.3) is 0 Å². The van der Waals surface area contributed by atoms with Crippen molar-refractivity contribution in [2.75, 3.05) is 6.54 Å². The van der Waals surface area contributed by atoms with Crippen LogP contribution in [0.15, 0.2) is 42.5 Å². The van der Waals surface area contributed by atoms with Crippen LogP contribution < -0.4 is 10.1 Å². The Morgan fingerprint density at radius 1 is 1.15 bits per heavy atom. The van der Waals surface area contributed by atoms with E-state index in [-0.39, 0.29) is 0 Å². The van der Waals surface area contributed by atoms with Gasteiger partial charge in [-0.05, 0) is 25.6 Å². The summed E-state index contributed by atoms with van der Waals surface area (Å²) in [6.45, 7) is 5.67. The molecule has 1 aromatic carbocycles. The predicted octanol–water partition coefficient (Wildman–Crippen LogP) is 3.41. The maximum Gasteiger partial charge on any atom is 0.238 e. The first kappa shape index (κ1) is 14.2. The van der Waals surface area contributed by atoms with Crippen LogP contribution in [0, 0.1) is 0 Å². The maximum absolute atomic E-state index is 5.78. The van der Waals surface area contributed by atoms with Crippen molar-refractivity contribution < 1.29 is 4.74 Å². The topological polar surface area (TPSA) is 47.0 Å². The van der Waals surface area contributed by atoms with E-state index in [1.54, 1.807) is 0 Å². The molecular formula is C16H19N3O. The zero-order valence-corrected chi connectivity index (χ0v) is 11.8. The first-order chi connectivity index (χ1) is 9.83. The lowest BCUT2D eigenvalue weighted by Gasteiger charge is -2.07. The maximum atomic E-state index is 5.78. The molecule has 4 heteroatoms. The largest absolute Gasteiger partial charge is 0.437 e. The Morgan fingerprint density at radius 2 is 2.00 bits per heavy atom. The standard InChI is InChI=1S/C16H19N3O/c1-3-7-13-8-5-6-9-15(13)20-16-11-10-14(18-19-16)12-17-4-2/h3,5-11,17H,4,12H2,1-2H3. The van der Waals surface area contributed by atoms with E-state index in [1.165, 1.54) is 0 Å². The van der Waals surface area contributed by atoms with Gasteiger partial charge >= 0.3 is 0 Å². The van der Waals surface area contributed by atoms with Gasteiger partial charge in [0.2, 0.25) is 5.88 Å². The summed E-state index contributed by atoms with van der Waals surface area (Å²) in [5.74, 6) is 1.28. The third-order valence-corrected chi connectivity index (χ3v) is 2.73. The minimum Gasteiger partial charge on any atom is -0.437 e. The summed E-state index contributed by atoms with van der Waals surface area (Å²) < 4.78 is 5.78. The first-order valence-corrected chi connectivity index (χ1v) is 6.76. The molecule has 0 unspecified atom stereocenters. The highest BCUT2D eigenvalue weighted by atomic mass is 16.5. The number of hydrogen-bond acceptors (Lipinski definition) is 4. The van der Waals surface area contributed by atoms with E-state index in [2.05, 4.69) is 22.4 Å². The zero-order valence-electron chi connectivity index (χ0n) is 11.8. The van der Waals surface area contributed by atoms with Crippen molar-refractivity contribution >= 4 is 6.08 Å². The van der Waals surface area contributed by atoms with Crippen molar-refractivity contribution in [2.45, 2.75) is 20.4 Å². The molecule has 0 aliphatic carbocycles.